The van der Waals surface area contributed by atoms with Gasteiger partial charge in [-0.3, -0.25) is 9.59 Å². The number of carboxylic acids is 1. The van der Waals surface area contributed by atoms with Crippen LogP contribution in [0.4, 0.5) is 0 Å². The van der Waals surface area contributed by atoms with Crippen molar-refractivity contribution < 1.29 is 9.90 Å². The highest BCUT2D eigenvalue weighted by molar-refractivity contribution is 5.75. The third kappa shape index (κ3) is 2.95. The summed E-state index contributed by atoms with van der Waals surface area (Å²) in [5.41, 5.74) is 0.414. The molecule has 1 N–H and O–H groups in total. The summed E-state index contributed by atoms with van der Waals surface area (Å²) in [7, 11) is 0. The molecule has 0 amide bonds. The molecule has 1 unspecified atom stereocenters. The van der Waals surface area contributed by atoms with Gasteiger partial charge in [0.15, 0.2) is 0 Å². The zero-order chi connectivity index (χ0) is 12.3. The lowest BCUT2D eigenvalue weighted by Crippen LogP contribution is -2.22. The zero-order valence-corrected chi connectivity index (χ0v) is 9.80. The number of carbonyl (C=O) groups is 1. The number of aromatic nitrogens is 1. The van der Waals surface area contributed by atoms with Gasteiger partial charge in [-0.05, 0) is 24.5 Å². The van der Waals surface area contributed by atoms with Crippen LogP contribution in [0.2, 0.25) is 0 Å². The van der Waals surface area contributed by atoms with E-state index in [1.54, 1.807) is 23.8 Å². The van der Waals surface area contributed by atoms with Crippen LogP contribution in [0.5, 0.6) is 0 Å². The summed E-state index contributed by atoms with van der Waals surface area (Å²) in [5.74, 6) is -1.16. The van der Waals surface area contributed by atoms with Crippen LogP contribution >= 0.6 is 0 Å². The van der Waals surface area contributed by atoms with Gasteiger partial charge in [-0.2, -0.15) is 0 Å². The third-order valence-electron chi connectivity index (χ3n) is 2.45. The van der Waals surface area contributed by atoms with Gasteiger partial charge in [0.05, 0.1) is 5.92 Å². The number of nitrogens with zero attached hydrogens (tertiary/aromatic N) is 1. The fourth-order valence-corrected chi connectivity index (χ4v) is 1.48. The van der Waals surface area contributed by atoms with Crippen molar-refractivity contribution in [1.82, 2.24) is 4.57 Å². The second-order valence-electron chi connectivity index (χ2n) is 4.40. The molecule has 4 heteroatoms. The van der Waals surface area contributed by atoms with Crippen molar-refractivity contribution in [3.63, 3.8) is 0 Å². The van der Waals surface area contributed by atoms with Crippen molar-refractivity contribution >= 4 is 5.97 Å². The fraction of sp³-hybridized carbons (Fsp3) is 0.500. The summed E-state index contributed by atoms with van der Waals surface area (Å²) in [6.07, 6.45) is 1.66. The minimum absolute atomic E-state index is 0.140. The SMILES string of the molecule is CC(C)Cn1ccc(C(C)C(=O)O)cc1=O. The first-order valence-electron chi connectivity index (χ1n) is 5.35. The maximum absolute atomic E-state index is 11.7. The Bertz CT molecular complexity index is 434. The molecule has 1 aromatic rings. The van der Waals surface area contributed by atoms with Crippen molar-refractivity contribution in [1.29, 1.82) is 0 Å². The Balaban J connectivity index is 3.00. The number of carboxylic acid groups (broad SMARTS) is 1. The van der Waals surface area contributed by atoms with E-state index in [1.165, 1.54) is 6.07 Å². The molecule has 0 saturated heterocycles. The lowest BCUT2D eigenvalue weighted by molar-refractivity contribution is -0.138. The molecule has 1 rings (SSSR count). The first kappa shape index (κ1) is 12.5. The van der Waals surface area contributed by atoms with Gasteiger partial charge in [0.2, 0.25) is 0 Å². The largest absolute Gasteiger partial charge is 0.481 e. The van der Waals surface area contributed by atoms with Gasteiger partial charge in [-0.1, -0.05) is 13.8 Å². The molecule has 16 heavy (non-hydrogen) atoms. The van der Waals surface area contributed by atoms with Crippen molar-refractivity contribution in [2.45, 2.75) is 33.2 Å². The molecule has 0 aromatic carbocycles. The van der Waals surface area contributed by atoms with Crippen LogP contribution in [0.25, 0.3) is 0 Å². The van der Waals surface area contributed by atoms with Gasteiger partial charge in [-0.15, -0.1) is 0 Å². The maximum atomic E-state index is 11.7. The zero-order valence-electron chi connectivity index (χ0n) is 9.80. The number of hydrogen-bond acceptors (Lipinski definition) is 2. The molecule has 0 aliphatic heterocycles. The van der Waals surface area contributed by atoms with Crippen molar-refractivity contribution in [2.24, 2.45) is 5.92 Å². The van der Waals surface area contributed by atoms with E-state index in [0.29, 0.717) is 18.0 Å². The Hall–Kier alpha value is -1.58. The smallest absolute Gasteiger partial charge is 0.310 e. The summed E-state index contributed by atoms with van der Waals surface area (Å²) in [4.78, 5) is 22.4. The monoisotopic (exact) mass is 223 g/mol. The summed E-state index contributed by atoms with van der Waals surface area (Å²) >= 11 is 0. The lowest BCUT2D eigenvalue weighted by atomic mass is 10.0. The van der Waals surface area contributed by atoms with Crippen LogP contribution in [-0.2, 0) is 11.3 Å². The van der Waals surface area contributed by atoms with Crippen LogP contribution in [0.15, 0.2) is 23.1 Å². The van der Waals surface area contributed by atoms with Crippen LogP contribution in [-0.4, -0.2) is 15.6 Å². The minimum atomic E-state index is -0.916. The van der Waals surface area contributed by atoms with Crippen LogP contribution in [0, 0.1) is 5.92 Å². The normalized spacial score (nSPS) is 12.8. The number of aliphatic carboxylic acids is 1. The van der Waals surface area contributed by atoms with E-state index in [1.807, 2.05) is 13.8 Å². The molecule has 0 fully saturated rings. The highest BCUT2D eigenvalue weighted by atomic mass is 16.4. The second-order valence-corrected chi connectivity index (χ2v) is 4.40. The Morgan fingerprint density at radius 3 is 2.50 bits per heavy atom. The first-order chi connectivity index (χ1) is 7.41. The predicted octanol–water partition coefficient (Wildman–Crippen LogP) is 1.69. The molecular formula is C12H17NO3. The van der Waals surface area contributed by atoms with Crippen molar-refractivity contribution in [3.8, 4) is 0 Å². The van der Waals surface area contributed by atoms with Gasteiger partial charge in [0.1, 0.15) is 0 Å². The molecule has 0 saturated carbocycles. The standard InChI is InChI=1S/C12H17NO3/c1-8(2)7-13-5-4-10(6-11(13)14)9(3)12(15)16/h4-6,8-9H,7H2,1-3H3,(H,15,16). The van der Waals surface area contributed by atoms with Gasteiger partial charge in [0.25, 0.3) is 5.56 Å². The first-order valence-corrected chi connectivity index (χ1v) is 5.35. The maximum Gasteiger partial charge on any atom is 0.310 e. The topological polar surface area (TPSA) is 59.3 Å². The van der Waals surface area contributed by atoms with Crippen LogP contribution in [0.1, 0.15) is 32.3 Å². The number of rotatable bonds is 4. The van der Waals surface area contributed by atoms with E-state index in [4.69, 9.17) is 5.11 Å². The Morgan fingerprint density at radius 2 is 2.06 bits per heavy atom. The van der Waals surface area contributed by atoms with Gasteiger partial charge >= 0.3 is 5.97 Å². The molecule has 0 bridgehead atoms. The Kier molecular flexibility index (Phi) is 3.88. The molecular weight excluding hydrogens is 206 g/mol. The number of hydrogen-bond donors (Lipinski definition) is 1. The highest BCUT2D eigenvalue weighted by Gasteiger charge is 2.14. The molecule has 88 valence electrons. The molecule has 0 radical (unpaired) electrons. The molecule has 0 aliphatic rings. The highest BCUT2D eigenvalue weighted by Crippen LogP contribution is 2.12. The quantitative estimate of drug-likeness (QED) is 0.845. The Morgan fingerprint density at radius 1 is 1.44 bits per heavy atom. The van der Waals surface area contributed by atoms with Gasteiger partial charge < -0.3 is 9.67 Å². The van der Waals surface area contributed by atoms with Gasteiger partial charge in [-0.25, -0.2) is 0 Å². The molecule has 0 spiro atoms. The Labute approximate surface area is 94.5 Å². The fourth-order valence-electron chi connectivity index (χ4n) is 1.48. The summed E-state index contributed by atoms with van der Waals surface area (Å²) in [6.45, 7) is 6.28. The summed E-state index contributed by atoms with van der Waals surface area (Å²) < 4.78 is 1.60. The van der Waals surface area contributed by atoms with Crippen molar-refractivity contribution in [2.75, 3.05) is 0 Å². The van der Waals surface area contributed by atoms with Crippen LogP contribution in [0.3, 0.4) is 0 Å². The lowest BCUT2D eigenvalue weighted by Gasteiger charge is -2.11. The predicted molar refractivity (Wildman–Crippen MR) is 61.6 cm³/mol. The van der Waals surface area contributed by atoms with E-state index in [-0.39, 0.29) is 5.56 Å². The number of pyridine rings is 1. The van der Waals surface area contributed by atoms with E-state index in [9.17, 15) is 9.59 Å². The van der Waals surface area contributed by atoms with E-state index in [0.717, 1.165) is 0 Å². The van der Waals surface area contributed by atoms with Gasteiger partial charge in [0, 0.05) is 18.8 Å². The summed E-state index contributed by atoms with van der Waals surface area (Å²) in [5, 5.41) is 8.83. The molecule has 0 aliphatic carbocycles. The van der Waals surface area contributed by atoms with E-state index < -0.39 is 11.9 Å². The average molecular weight is 223 g/mol. The average Bonchev–Trinajstić information content (AvgIpc) is 2.19. The molecule has 1 aromatic heterocycles. The molecule has 4 nitrogen and oxygen atoms in total. The van der Waals surface area contributed by atoms with E-state index >= 15 is 0 Å². The second kappa shape index (κ2) is 4.96. The van der Waals surface area contributed by atoms with E-state index in [2.05, 4.69) is 0 Å². The molecule has 1 atom stereocenters. The third-order valence-corrected chi connectivity index (χ3v) is 2.45. The minimum Gasteiger partial charge on any atom is -0.481 e. The summed E-state index contributed by atoms with van der Waals surface area (Å²) in [6, 6.07) is 3.10. The van der Waals surface area contributed by atoms with Crippen molar-refractivity contribution in [3.05, 3.63) is 34.2 Å². The van der Waals surface area contributed by atoms with Crippen LogP contribution < -0.4 is 5.56 Å². The molecule has 1 heterocycles.